The van der Waals surface area contributed by atoms with E-state index in [2.05, 4.69) is 15.4 Å². The molecule has 2 N–H and O–H groups in total. The summed E-state index contributed by atoms with van der Waals surface area (Å²) in [5.74, 6) is -1.56. The fourth-order valence-electron chi connectivity index (χ4n) is 1.89. The molecule has 1 aliphatic heterocycles. The Morgan fingerprint density at radius 3 is 2.79 bits per heavy atom. The summed E-state index contributed by atoms with van der Waals surface area (Å²) in [6.07, 6.45) is 0.830. The molecule has 19 heavy (non-hydrogen) atoms. The van der Waals surface area contributed by atoms with Crippen molar-refractivity contribution in [2.45, 2.75) is 38.3 Å². The van der Waals surface area contributed by atoms with Gasteiger partial charge in [-0.05, 0) is 6.42 Å². The molecule has 0 saturated carbocycles. The molecule has 1 heterocycles. The molecule has 0 unspecified atom stereocenters. The highest BCUT2D eigenvalue weighted by Crippen LogP contribution is 2.12. The van der Waals surface area contributed by atoms with Gasteiger partial charge in [0.2, 0.25) is 11.8 Å². The van der Waals surface area contributed by atoms with E-state index in [1.165, 1.54) is 7.11 Å². The van der Waals surface area contributed by atoms with Crippen molar-refractivity contribution in [2.24, 2.45) is 5.92 Å². The first kappa shape index (κ1) is 15.0. The Bertz CT molecular complexity index is 416. The van der Waals surface area contributed by atoms with Crippen LogP contribution in [-0.2, 0) is 19.1 Å². The molecular weight excluding hydrogens is 250 g/mol. The van der Waals surface area contributed by atoms with Crippen LogP contribution in [0.1, 0.15) is 26.2 Å². The second kappa shape index (κ2) is 6.73. The number of nitriles is 1. The molecule has 7 nitrogen and oxygen atoms in total. The van der Waals surface area contributed by atoms with Gasteiger partial charge in [0.25, 0.3) is 0 Å². The van der Waals surface area contributed by atoms with Crippen LogP contribution in [0.3, 0.4) is 0 Å². The monoisotopic (exact) mass is 267 g/mol. The van der Waals surface area contributed by atoms with E-state index in [-0.39, 0.29) is 18.2 Å². The van der Waals surface area contributed by atoms with Gasteiger partial charge in [0.05, 0.1) is 13.2 Å². The zero-order valence-corrected chi connectivity index (χ0v) is 10.9. The number of hydrogen-bond donors (Lipinski definition) is 2. The van der Waals surface area contributed by atoms with E-state index in [4.69, 9.17) is 5.26 Å². The summed E-state index contributed by atoms with van der Waals surface area (Å²) >= 11 is 0. The summed E-state index contributed by atoms with van der Waals surface area (Å²) in [7, 11) is 1.22. The minimum Gasteiger partial charge on any atom is -0.467 e. The van der Waals surface area contributed by atoms with Crippen LogP contribution in [0.15, 0.2) is 0 Å². The van der Waals surface area contributed by atoms with Gasteiger partial charge in [0.1, 0.15) is 12.1 Å². The van der Waals surface area contributed by atoms with E-state index in [0.29, 0.717) is 12.8 Å². The van der Waals surface area contributed by atoms with Crippen LogP contribution < -0.4 is 10.6 Å². The maximum Gasteiger partial charge on any atom is 0.328 e. The first-order chi connectivity index (χ1) is 8.99. The second-order valence-corrected chi connectivity index (χ2v) is 4.51. The fourth-order valence-corrected chi connectivity index (χ4v) is 1.89. The topological polar surface area (TPSA) is 108 Å². The molecule has 2 amide bonds. The average molecular weight is 267 g/mol. The van der Waals surface area contributed by atoms with Gasteiger partial charge in [-0.25, -0.2) is 4.79 Å². The number of esters is 1. The predicted octanol–water partition coefficient (Wildman–Crippen LogP) is -0.527. The third-order valence-electron chi connectivity index (χ3n) is 3.05. The van der Waals surface area contributed by atoms with Crippen molar-refractivity contribution in [3.05, 3.63) is 0 Å². The molecule has 1 rings (SSSR count). The fraction of sp³-hybridized carbons (Fsp3) is 0.667. The van der Waals surface area contributed by atoms with Crippen molar-refractivity contribution in [2.75, 3.05) is 7.11 Å². The number of nitrogens with one attached hydrogen (secondary N) is 2. The van der Waals surface area contributed by atoms with Crippen LogP contribution in [0.5, 0.6) is 0 Å². The van der Waals surface area contributed by atoms with Crippen LogP contribution in [0.4, 0.5) is 0 Å². The van der Waals surface area contributed by atoms with Crippen molar-refractivity contribution in [1.82, 2.24) is 10.6 Å². The van der Waals surface area contributed by atoms with Gasteiger partial charge in [-0.3, -0.25) is 9.59 Å². The Balaban J connectivity index is 2.66. The average Bonchev–Trinajstić information content (AvgIpc) is 2.81. The van der Waals surface area contributed by atoms with Crippen molar-refractivity contribution in [1.29, 1.82) is 5.26 Å². The van der Waals surface area contributed by atoms with Gasteiger partial charge in [0, 0.05) is 18.8 Å². The van der Waals surface area contributed by atoms with Crippen LogP contribution in [0, 0.1) is 17.2 Å². The summed E-state index contributed by atoms with van der Waals surface area (Å²) in [5.41, 5.74) is 0. The van der Waals surface area contributed by atoms with Crippen LogP contribution >= 0.6 is 0 Å². The second-order valence-electron chi connectivity index (χ2n) is 4.51. The zero-order valence-electron chi connectivity index (χ0n) is 10.9. The zero-order chi connectivity index (χ0) is 14.4. The highest BCUT2D eigenvalue weighted by atomic mass is 16.5. The molecule has 0 aromatic rings. The van der Waals surface area contributed by atoms with E-state index in [1.54, 1.807) is 6.92 Å². The number of carbonyl (C=O) groups is 3. The van der Waals surface area contributed by atoms with Gasteiger partial charge in [-0.15, -0.1) is 0 Å². The summed E-state index contributed by atoms with van der Waals surface area (Å²) in [5, 5.41) is 13.7. The Morgan fingerprint density at radius 2 is 2.32 bits per heavy atom. The Morgan fingerprint density at radius 1 is 1.63 bits per heavy atom. The molecule has 0 bridgehead atoms. The third kappa shape index (κ3) is 3.95. The first-order valence-electron chi connectivity index (χ1n) is 6.04. The Kier molecular flexibility index (Phi) is 5.30. The number of carbonyl (C=O) groups excluding carboxylic acids is 3. The number of amides is 2. The number of methoxy groups -OCH3 is 1. The van der Waals surface area contributed by atoms with Crippen LogP contribution in [0.2, 0.25) is 0 Å². The molecule has 104 valence electrons. The van der Waals surface area contributed by atoms with E-state index in [9.17, 15) is 14.4 Å². The van der Waals surface area contributed by atoms with Crippen molar-refractivity contribution in [3.8, 4) is 6.07 Å². The molecule has 1 saturated heterocycles. The van der Waals surface area contributed by atoms with Gasteiger partial charge in [0.15, 0.2) is 0 Å². The summed E-state index contributed by atoms with van der Waals surface area (Å²) in [4.78, 5) is 34.6. The van der Waals surface area contributed by atoms with Crippen LogP contribution in [-0.4, -0.2) is 37.0 Å². The van der Waals surface area contributed by atoms with E-state index < -0.39 is 24.0 Å². The van der Waals surface area contributed by atoms with E-state index >= 15 is 0 Å². The van der Waals surface area contributed by atoms with Gasteiger partial charge in [-0.1, -0.05) is 6.92 Å². The summed E-state index contributed by atoms with van der Waals surface area (Å²) < 4.78 is 4.61. The first-order valence-corrected chi connectivity index (χ1v) is 6.04. The lowest BCUT2D eigenvalue weighted by Gasteiger charge is -2.22. The maximum atomic E-state index is 11.9. The molecule has 0 spiro atoms. The SMILES string of the molecule is COC(=O)[C@@H](NC(=O)[C@H]1CCC(=O)N1)[C@H](C)CC#N. The standard InChI is InChI=1S/C12H17N3O4/c1-7(5-6-13)10(12(18)19-2)15-11(17)8-3-4-9(16)14-8/h7-8,10H,3-5H2,1-2H3,(H,14,16)(H,15,17)/t7-,8-,10+/m1/s1. The van der Waals surface area contributed by atoms with E-state index in [1.807, 2.05) is 6.07 Å². The van der Waals surface area contributed by atoms with Crippen LogP contribution in [0.25, 0.3) is 0 Å². The lowest BCUT2D eigenvalue weighted by molar-refractivity contribution is -0.146. The third-order valence-corrected chi connectivity index (χ3v) is 3.05. The Hall–Kier alpha value is -2.10. The number of hydrogen-bond acceptors (Lipinski definition) is 5. The largest absolute Gasteiger partial charge is 0.467 e. The quantitative estimate of drug-likeness (QED) is 0.651. The summed E-state index contributed by atoms with van der Waals surface area (Å²) in [6, 6.07) is 0.451. The van der Waals surface area contributed by atoms with Gasteiger partial charge < -0.3 is 15.4 Å². The molecule has 7 heteroatoms. The van der Waals surface area contributed by atoms with Gasteiger partial charge in [-0.2, -0.15) is 5.26 Å². The highest BCUT2D eigenvalue weighted by molar-refractivity contribution is 5.93. The Labute approximate surface area is 111 Å². The predicted molar refractivity (Wildman–Crippen MR) is 64.5 cm³/mol. The minimum atomic E-state index is -0.880. The molecule has 0 radical (unpaired) electrons. The molecule has 1 fully saturated rings. The van der Waals surface area contributed by atoms with Crippen molar-refractivity contribution < 1.29 is 19.1 Å². The van der Waals surface area contributed by atoms with Gasteiger partial charge >= 0.3 is 5.97 Å². The normalized spacial score (nSPS) is 20.9. The number of nitrogens with zero attached hydrogens (tertiary/aromatic N) is 1. The molecule has 0 aromatic carbocycles. The smallest absolute Gasteiger partial charge is 0.328 e. The molecule has 3 atom stereocenters. The number of rotatable bonds is 5. The summed E-state index contributed by atoms with van der Waals surface area (Å²) in [6.45, 7) is 1.68. The number of ether oxygens (including phenoxy) is 1. The van der Waals surface area contributed by atoms with E-state index in [0.717, 1.165) is 0 Å². The highest BCUT2D eigenvalue weighted by Gasteiger charge is 2.33. The lowest BCUT2D eigenvalue weighted by atomic mass is 9.98. The molecular formula is C12H17N3O4. The van der Waals surface area contributed by atoms with Crippen molar-refractivity contribution >= 4 is 17.8 Å². The molecule has 1 aliphatic rings. The molecule has 0 aromatic heterocycles. The lowest BCUT2D eigenvalue weighted by Crippen LogP contribution is -2.51. The van der Waals surface area contributed by atoms with Crippen molar-refractivity contribution in [3.63, 3.8) is 0 Å². The molecule has 0 aliphatic carbocycles. The minimum absolute atomic E-state index is 0.122. The maximum absolute atomic E-state index is 11.9.